The second-order valence-electron chi connectivity index (χ2n) is 8.54. The van der Waals surface area contributed by atoms with Gasteiger partial charge in [0, 0.05) is 5.92 Å². The summed E-state index contributed by atoms with van der Waals surface area (Å²) in [6.07, 6.45) is 3.07. The van der Waals surface area contributed by atoms with Crippen molar-refractivity contribution in [1.29, 1.82) is 0 Å². The van der Waals surface area contributed by atoms with Gasteiger partial charge in [0.15, 0.2) is 0 Å². The van der Waals surface area contributed by atoms with E-state index in [9.17, 15) is 9.18 Å². The van der Waals surface area contributed by atoms with E-state index in [4.69, 9.17) is 4.98 Å². The summed E-state index contributed by atoms with van der Waals surface area (Å²) in [5, 5.41) is 4.06. The molecule has 4 rings (SSSR count). The first-order valence-electron chi connectivity index (χ1n) is 9.85. The van der Waals surface area contributed by atoms with E-state index in [1.54, 1.807) is 12.1 Å². The molecule has 2 aromatic carbocycles. The fourth-order valence-electron chi connectivity index (χ4n) is 4.40. The van der Waals surface area contributed by atoms with Crippen LogP contribution in [-0.2, 0) is 4.79 Å². The minimum atomic E-state index is -0.601. The van der Waals surface area contributed by atoms with Crippen LogP contribution in [0.5, 0.6) is 0 Å². The van der Waals surface area contributed by atoms with Crippen molar-refractivity contribution in [2.24, 2.45) is 15.9 Å². The second-order valence-corrected chi connectivity index (χ2v) is 8.54. The van der Waals surface area contributed by atoms with Crippen LogP contribution >= 0.6 is 0 Å². The molecule has 0 unspecified atom stereocenters. The van der Waals surface area contributed by atoms with Crippen LogP contribution in [-0.4, -0.2) is 22.1 Å². The van der Waals surface area contributed by atoms with Crippen molar-refractivity contribution in [3.63, 3.8) is 0 Å². The molecule has 1 saturated carbocycles. The molecule has 1 aliphatic rings. The maximum absolute atomic E-state index is 13.3. The minimum absolute atomic E-state index is 0.131. The Balaban J connectivity index is 1.53. The number of imidazole rings is 1. The Morgan fingerprint density at radius 1 is 1.24 bits per heavy atom. The second kappa shape index (κ2) is 7.10. The van der Waals surface area contributed by atoms with Gasteiger partial charge in [-0.1, -0.05) is 45.0 Å². The highest BCUT2D eigenvalue weighted by molar-refractivity contribution is 5.86. The molecular formula is C23H25FN4O. The fourth-order valence-corrected chi connectivity index (χ4v) is 4.40. The molecule has 0 spiro atoms. The van der Waals surface area contributed by atoms with Crippen LogP contribution in [0, 0.1) is 16.6 Å². The Bertz CT molecular complexity index is 1050. The summed E-state index contributed by atoms with van der Waals surface area (Å²) in [6.45, 7) is 6.23. The maximum Gasteiger partial charge on any atom is 0.246 e. The van der Waals surface area contributed by atoms with Crippen molar-refractivity contribution in [3.8, 4) is 0 Å². The number of nitrogens with zero attached hydrogens (tertiary/aromatic N) is 2. The van der Waals surface area contributed by atoms with E-state index >= 15 is 0 Å². The Labute approximate surface area is 169 Å². The van der Waals surface area contributed by atoms with Crippen molar-refractivity contribution in [1.82, 2.24) is 15.4 Å². The van der Waals surface area contributed by atoms with Crippen molar-refractivity contribution >= 4 is 23.2 Å². The molecule has 0 aliphatic heterocycles. The summed E-state index contributed by atoms with van der Waals surface area (Å²) in [6, 6.07) is 14.0. The van der Waals surface area contributed by atoms with Crippen LogP contribution in [0.3, 0.4) is 0 Å². The van der Waals surface area contributed by atoms with Gasteiger partial charge in [0.25, 0.3) is 0 Å². The molecule has 1 amide bonds. The van der Waals surface area contributed by atoms with Crippen molar-refractivity contribution < 1.29 is 9.18 Å². The summed E-state index contributed by atoms with van der Waals surface area (Å²) in [5.74, 6) is 0.598. The van der Waals surface area contributed by atoms with Crippen molar-refractivity contribution in [3.05, 3.63) is 65.7 Å². The molecule has 1 heterocycles. The summed E-state index contributed by atoms with van der Waals surface area (Å²) < 4.78 is 13.3. The number of aromatic amines is 1. The van der Waals surface area contributed by atoms with Gasteiger partial charge in [0.05, 0.1) is 22.7 Å². The predicted octanol–water partition coefficient (Wildman–Crippen LogP) is 4.76. The van der Waals surface area contributed by atoms with Gasteiger partial charge in [-0.25, -0.2) is 14.8 Å². The van der Waals surface area contributed by atoms with Crippen LogP contribution in [0.25, 0.3) is 11.0 Å². The molecule has 0 radical (unpaired) electrons. The fraction of sp³-hybridized carbons (Fsp3) is 0.348. The standard InChI is InChI=1S/C23H25FN4O/c1-22(2)17(20-26-18-9-4-5-10-19(18)27-20)11-12-23(22,3)21(29)28-25-14-15-7-6-8-16(24)13-15/h4-10,13-14,17H,11-12H2,1-3H3,(H,26,27)(H,28,29)/t17-,23-/m1/s1. The van der Waals surface area contributed by atoms with Crippen LogP contribution in [0.2, 0.25) is 0 Å². The third-order valence-corrected chi connectivity index (χ3v) is 6.69. The Morgan fingerprint density at radius 2 is 2.03 bits per heavy atom. The number of aromatic nitrogens is 2. The number of para-hydroxylation sites is 2. The largest absolute Gasteiger partial charge is 0.342 e. The minimum Gasteiger partial charge on any atom is -0.342 e. The maximum atomic E-state index is 13.3. The molecule has 0 bridgehead atoms. The highest BCUT2D eigenvalue weighted by Crippen LogP contribution is 2.59. The number of benzene rings is 2. The molecule has 3 aromatic rings. The van der Waals surface area contributed by atoms with Crippen LogP contribution in [0.1, 0.15) is 50.9 Å². The third kappa shape index (κ3) is 3.33. The Kier molecular flexibility index (Phi) is 4.73. The van der Waals surface area contributed by atoms with E-state index in [1.165, 1.54) is 18.3 Å². The number of halogens is 1. The number of rotatable bonds is 4. The average Bonchev–Trinajstić information content (AvgIpc) is 3.20. The summed E-state index contributed by atoms with van der Waals surface area (Å²) in [5.41, 5.74) is 4.29. The lowest BCUT2D eigenvalue weighted by Crippen LogP contribution is -2.45. The zero-order valence-corrected chi connectivity index (χ0v) is 16.9. The van der Waals surface area contributed by atoms with Gasteiger partial charge in [-0.2, -0.15) is 5.10 Å². The van der Waals surface area contributed by atoms with E-state index in [1.807, 2.05) is 31.2 Å². The number of H-pyrrole nitrogens is 1. The van der Waals surface area contributed by atoms with Crippen LogP contribution < -0.4 is 5.43 Å². The van der Waals surface area contributed by atoms with E-state index in [2.05, 4.69) is 29.4 Å². The third-order valence-electron chi connectivity index (χ3n) is 6.69. The highest BCUT2D eigenvalue weighted by Gasteiger charge is 2.57. The molecular weight excluding hydrogens is 367 g/mol. The monoisotopic (exact) mass is 392 g/mol. The number of carbonyl (C=O) groups excluding carboxylic acids is 1. The average molecular weight is 392 g/mol. The first-order valence-corrected chi connectivity index (χ1v) is 9.85. The SMILES string of the molecule is CC1(C)[C@@H](c2nc3ccccc3[nH]2)CC[C@]1(C)C(=O)NN=Cc1cccc(F)c1. The van der Waals surface area contributed by atoms with Gasteiger partial charge in [-0.15, -0.1) is 0 Å². The van der Waals surface area contributed by atoms with E-state index in [0.29, 0.717) is 5.56 Å². The van der Waals surface area contributed by atoms with Gasteiger partial charge < -0.3 is 4.98 Å². The van der Waals surface area contributed by atoms with E-state index in [-0.39, 0.29) is 23.1 Å². The van der Waals surface area contributed by atoms with Gasteiger partial charge in [0.1, 0.15) is 11.6 Å². The van der Waals surface area contributed by atoms with Gasteiger partial charge in [0.2, 0.25) is 5.91 Å². The van der Waals surface area contributed by atoms with E-state index in [0.717, 1.165) is 29.7 Å². The zero-order valence-electron chi connectivity index (χ0n) is 16.9. The van der Waals surface area contributed by atoms with Gasteiger partial charge in [-0.05, 0) is 48.1 Å². The Morgan fingerprint density at radius 3 is 2.79 bits per heavy atom. The first-order chi connectivity index (χ1) is 13.8. The first kappa shape index (κ1) is 19.3. The molecule has 2 atom stereocenters. The number of carbonyl (C=O) groups is 1. The lowest BCUT2D eigenvalue weighted by molar-refractivity contribution is -0.135. The number of hydrogen-bond donors (Lipinski definition) is 2. The van der Waals surface area contributed by atoms with Crippen LogP contribution in [0.4, 0.5) is 4.39 Å². The molecule has 0 saturated heterocycles. The van der Waals surface area contributed by atoms with Crippen LogP contribution in [0.15, 0.2) is 53.6 Å². The molecule has 1 fully saturated rings. The topological polar surface area (TPSA) is 70.1 Å². The van der Waals surface area contributed by atoms with Crippen molar-refractivity contribution in [2.45, 2.75) is 39.5 Å². The number of amides is 1. The van der Waals surface area contributed by atoms with Gasteiger partial charge in [-0.3, -0.25) is 4.79 Å². The summed E-state index contributed by atoms with van der Waals surface area (Å²) in [7, 11) is 0. The molecule has 1 aliphatic carbocycles. The smallest absolute Gasteiger partial charge is 0.246 e. The van der Waals surface area contributed by atoms with Crippen molar-refractivity contribution in [2.75, 3.05) is 0 Å². The quantitative estimate of drug-likeness (QED) is 0.496. The summed E-state index contributed by atoms with van der Waals surface area (Å²) in [4.78, 5) is 21.3. The highest BCUT2D eigenvalue weighted by atomic mass is 19.1. The lowest BCUT2D eigenvalue weighted by Gasteiger charge is -2.39. The number of nitrogens with one attached hydrogen (secondary N) is 2. The molecule has 1 aromatic heterocycles. The zero-order chi connectivity index (χ0) is 20.6. The molecule has 2 N–H and O–H groups in total. The predicted molar refractivity (Wildman–Crippen MR) is 112 cm³/mol. The molecule has 150 valence electrons. The molecule has 5 nitrogen and oxygen atoms in total. The lowest BCUT2D eigenvalue weighted by atomic mass is 9.65. The van der Waals surface area contributed by atoms with E-state index < -0.39 is 5.41 Å². The number of fused-ring (bicyclic) bond motifs is 1. The molecule has 6 heteroatoms. The number of hydrazone groups is 1. The normalized spacial score (nSPS) is 23.7. The Hall–Kier alpha value is -3.02. The number of hydrogen-bond acceptors (Lipinski definition) is 3. The summed E-state index contributed by atoms with van der Waals surface area (Å²) >= 11 is 0. The van der Waals surface area contributed by atoms with Gasteiger partial charge >= 0.3 is 0 Å². The molecule has 29 heavy (non-hydrogen) atoms.